The number of benzene rings is 2. The highest BCUT2D eigenvalue weighted by Crippen LogP contribution is 2.30. The van der Waals surface area contributed by atoms with Crippen molar-refractivity contribution in [1.82, 2.24) is 0 Å². The van der Waals surface area contributed by atoms with E-state index in [1.807, 2.05) is 12.1 Å². The molecule has 2 aromatic carbocycles. The summed E-state index contributed by atoms with van der Waals surface area (Å²) in [5.74, 6) is -0.173. The predicted octanol–water partition coefficient (Wildman–Crippen LogP) is 4.34. The molecule has 2 rings (SSSR count). The smallest absolute Gasteiger partial charge is 0.371 e. The first-order chi connectivity index (χ1) is 16.2. The molecule has 0 radical (unpaired) electrons. The molecule has 0 bridgehead atoms. The molecule has 9 heteroatoms. The van der Waals surface area contributed by atoms with E-state index in [1.54, 1.807) is 37.3 Å². The summed E-state index contributed by atoms with van der Waals surface area (Å²) in [6.45, 7) is 4.96. The zero-order valence-electron chi connectivity index (χ0n) is 20.1. The van der Waals surface area contributed by atoms with E-state index in [0.717, 1.165) is 24.7 Å². The van der Waals surface area contributed by atoms with Gasteiger partial charge < -0.3 is 19.3 Å². The monoisotopic (exact) mass is 491 g/mol. The van der Waals surface area contributed by atoms with Crippen LogP contribution in [0.3, 0.4) is 0 Å². The lowest BCUT2D eigenvalue weighted by Gasteiger charge is -2.17. The standard InChI is InChI=1S/C25H33NO7S/c1-5-7-15-32-23-17-20(18-24(25(27)28)31-6-2)10-13-22(23)33-16-14-19-8-11-21(12-9-19)26(3)34(4,29)30/h8-13,17-18H,5-7,14-16H2,1-4H3,(H,27,28). The number of aliphatic carboxylic acids is 1. The Bertz CT molecular complexity index is 1080. The molecule has 186 valence electrons. The second kappa shape index (κ2) is 12.9. The molecular formula is C25H33NO7S. The Kier molecular flexibility index (Phi) is 10.2. The van der Waals surface area contributed by atoms with E-state index in [2.05, 4.69) is 6.92 Å². The lowest BCUT2D eigenvalue weighted by atomic mass is 10.1. The van der Waals surface area contributed by atoms with Crippen LogP contribution in [0.2, 0.25) is 0 Å². The zero-order chi connectivity index (χ0) is 25.1. The highest BCUT2D eigenvalue weighted by atomic mass is 32.2. The van der Waals surface area contributed by atoms with Crippen LogP contribution in [0.1, 0.15) is 37.8 Å². The largest absolute Gasteiger partial charge is 0.490 e. The Morgan fingerprint density at radius 3 is 2.29 bits per heavy atom. The molecule has 0 amide bonds. The quantitative estimate of drug-likeness (QED) is 0.238. The fourth-order valence-corrected chi connectivity index (χ4v) is 3.49. The lowest BCUT2D eigenvalue weighted by molar-refractivity contribution is -0.136. The van der Waals surface area contributed by atoms with Crippen molar-refractivity contribution in [2.75, 3.05) is 37.4 Å². The molecule has 0 spiro atoms. The summed E-state index contributed by atoms with van der Waals surface area (Å²) in [5.41, 5.74) is 2.23. The van der Waals surface area contributed by atoms with Gasteiger partial charge in [-0.25, -0.2) is 13.2 Å². The molecule has 2 aromatic rings. The first-order valence-electron chi connectivity index (χ1n) is 11.2. The number of carbonyl (C=O) groups is 1. The van der Waals surface area contributed by atoms with E-state index in [-0.39, 0.29) is 12.4 Å². The van der Waals surface area contributed by atoms with E-state index < -0.39 is 16.0 Å². The van der Waals surface area contributed by atoms with E-state index in [1.165, 1.54) is 17.4 Å². The molecule has 34 heavy (non-hydrogen) atoms. The number of nitrogens with zero attached hydrogens (tertiary/aromatic N) is 1. The van der Waals surface area contributed by atoms with Gasteiger partial charge in [0.1, 0.15) is 0 Å². The molecule has 0 heterocycles. The molecule has 1 N–H and O–H groups in total. The highest BCUT2D eigenvalue weighted by Gasteiger charge is 2.13. The van der Waals surface area contributed by atoms with Crippen LogP contribution in [0, 0.1) is 0 Å². The first kappa shape index (κ1) is 27.0. The lowest BCUT2D eigenvalue weighted by Crippen LogP contribution is -2.24. The van der Waals surface area contributed by atoms with Crippen LogP contribution in [0.25, 0.3) is 6.08 Å². The van der Waals surface area contributed by atoms with Crippen LogP contribution >= 0.6 is 0 Å². The van der Waals surface area contributed by atoms with Gasteiger partial charge in [-0.3, -0.25) is 4.31 Å². The van der Waals surface area contributed by atoms with Gasteiger partial charge in [-0.1, -0.05) is 31.5 Å². The molecule has 0 aliphatic heterocycles. The fourth-order valence-electron chi connectivity index (χ4n) is 2.99. The van der Waals surface area contributed by atoms with Crippen molar-refractivity contribution in [2.24, 2.45) is 0 Å². The number of ether oxygens (including phenoxy) is 3. The summed E-state index contributed by atoms with van der Waals surface area (Å²) >= 11 is 0. The number of hydrogen-bond acceptors (Lipinski definition) is 6. The van der Waals surface area contributed by atoms with E-state index >= 15 is 0 Å². The number of anilines is 1. The van der Waals surface area contributed by atoms with E-state index in [9.17, 15) is 18.3 Å². The predicted molar refractivity (Wildman–Crippen MR) is 133 cm³/mol. The second-order valence-corrected chi connectivity index (χ2v) is 9.66. The molecule has 0 unspecified atom stereocenters. The van der Waals surface area contributed by atoms with Crippen molar-refractivity contribution in [2.45, 2.75) is 33.1 Å². The number of carboxylic acid groups (broad SMARTS) is 1. The van der Waals surface area contributed by atoms with Gasteiger partial charge in [0.15, 0.2) is 11.5 Å². The number of hydrogen-bond donors (Lipinski definition) is 1. The average molecular weight is 492 g/mol. The van der Waals surface area contributed by atoms with Gasteiger partial charge in [-0.2, -0.15) is 0 Å². The molecule has 0 aliphatic carbocycles. The minimum Gasteiger partial charge on any atom is -0.490 e. The molecule has 0 aromatic heterocycles. The maximum absolute atomic E-state index is 11.7. The second-order valence-electron chi connectivity index (χ2n) is 7.65. The third-order valence-corrected chi connectivity index (χ3v) is 6.18. The maximum Gasteiger partial charge on any atom is 0.371 e. The van der Waals surface area contributed by atoms with Gasteiger partial charge in [-0.15, -0.1) is 0 Å². The SMILES string of the molecule is CCCCOc1cc(C=C(OCC)C(=O)O)ccc1OCCc1ccc(N(C)S(C)(=O)=O)cc1. The van der Waals surface area contributed by atoms with Crippen LogP contribution in [-0.4, -0.2) is 52.6 Å². The summed E-state index contributed by atoms with van der Waals surface area (Å²) in [6.07, 6.45) is 5.10. The number of carboxylic acids is 1. The molecule has 0 atom stereocenters. The molecule has 0 saturated carbocycles. The number of unbranched alkanes of at least 4 members (excludes halogenated alkanes) is 1. The van der Waals surface area contributed by atoms with Crippen molar-refractivity contribution < 1.29 is 32.5 Å². The van der Waals surface area contributed by atoms with Crippen LogP contribution in [0.4, 0.5) is 5.69 Å². The molecular weight excluding hydrogens is 458 g/mol. The van der Waals surface area contributed by atoms with E-state index in [0.29, 0.717) is 42.4 Å². The maximum atomic E-state index is 11.7. The van der Waals surface area contributed by atoms with Gasteiger partial charge in [0, 0.05) is 13.5 Å². The van der Waals surface area contributed by atoms with Crippen molar-refractivity contribution in [3.63, 3.8) is 0 Å². The van der Waals surface area contributed by atoms with Crippen LogP contribution in [-0.2, 0) is 26.0 Å². The van der Waals surface area contributed by atoms with E-state index in [4.69, 9.17) is 14.2 Å². The summed E-state index contributed by atoms with van der Waals surface area (Å²) in [5, 5.41) is 9.29. The Labute approximate surface area is 201 Å². The number of rotatable bonds is 14. The minimum absolute atomic E-state index is 0.138. The van der Waals surface area contributed by atoms with Crippen molar-refractivity contribution in [3.05, 3.63) is 59.4 Å². The molecule has 0 aliphatic rings. The first-order valence-corrected chi connectivity index (χ1v) is 13.0. The van der Waals surface area contributed by atoms with Crippen LogP contribution < -0.4 is 13.8 Å². The van der Waals surface area contributed by atoms with Crippen LogP contribution in [0.5, 0.6) is 11.5 Å². The van der Waals surface area contributed by atoms with Crippen LogP contribution in [0.15, 0.2) is 48.2 Å². The highest BCUT2D eigenvalue weighted by molar-refractivity contribution is 7.92. The van der Waals surface area contributed by atoms with Crippen molar-refractivity contribution in [3.8, 4) is 11.5 Å². The average Bonchev–Trinajstić information content (AvgIpc) is 2.79. The Hall–Kier alpha value is -3.20. The summed E-state index contributed by atoms with van der Waals surface area (Å²) in [4.78, 5) is 11.4. The summed E-state index contributed by atoms with van der Waals surface area (Å²) in [6, 6.07) is 12.5. The Morgan fingerprint density at radius 1 is 1.03 bits per heavy atom. The van der Waals surface area contributed by atoms with Gasteiger partial charge in [0.25, 0.3) is 0 Å². The van der Waals surface area contributed by atoms with Gasteiger partial charge in [-0.05, 0) is 54.8 Å². The van der Waals surface area contributed by atoms with Crippen molar-refractivity contribution in [1.29, 1.82) is 0 Å². The molecule has 0 saturated heterocycles. The van der Waals surface area contributed by atoms with Gasteiger partial charge in [0.05, 0.1) is 31.8 Å². The molecule has 8 nitrogen and oxygen atoms in total. The minimum atomic E-state index is -3.31. The van der Waals surface area contributed by atoms with Gasteiger partial charge in [0.2, 0.25) is 15.8 Å². The third-order valence-electron chi connectivity index (χ3n) is 4.98. The topological polar surface area (TPSA) is 102 Å². The van der Waals surface area contributed by atoms with Crippen molar-refractivity contribution >= 4 is 27.8 Å². The summed E-state index contributed by atoms with van der Waals surface area (Å²) in [7, 11) is -1.79. The fraction of sp³-hybridized carbons (Fsp3) is 0.400. The zero-order valence-corrected chi connectivity index (χ0v) is 20.9. The normalized spacial score (nSPS) is 11.7. The number of sulfonamides is 1. The Morgan fingerprint density at radius 2 is 1.71 bits per heavy atom. The summed E-state index contributed by atoms with van der Waals surface area (Å²) < 4.78 is 41.6. The third kappa shape index (κ3) is 8.30. The van der Waals surface area contributed by atoms with Gasteiger partial charge >= 0.3 is 5.97 Å². The Balaban J connectivity index is 2.11. The molecule has 0 fully saturated rings.